The summed E-state index contributed by atoms with van der Waals surface area (Å²) in [5.41, 5.74) is 4.94. The third-order valence-corrected chi connectivity index (χ3v) is 5.20. The highest BCUT2D eigenvalue weighted by Crippen LogP contribution is 2.29. The van der Waals surface area contributed by atoms with Gasteiger partial charge in [-0.3, -0.25) is 0 Å². The summed E-state index contributed by atoms with van der Waals surface area (Å²) in [7, 11) is 1.65. The first-order chi connectivity index (χ1) is 12.2. The third kappa shape index (κ3) is 3.28. The number of para-hydroxylation sites is 1. The molecular weight excluding hydrogens is 312 g/mol. The molecule has 2 unspecified atom stereocenters. The summed E-state index contributed by atoms with van der Waals surface area (Å²) < 4.78 is 5.16. The highest BCUT2D eigenvalue weighted by Gasteiger charge is 2.22. The highest BCUT2D eigenvalue weighted by atomic mass is 16.5. The molecule has 0 amide bonds. The number of aliphatic hydroxyl groups is 1. The first-order valence-electron chi connectivity index (χ1n) is 8.88. The lowest BCUT2D eigenvalue weighted by atomic mass is 9.91. The minimum Gasteiger partial charge on any atom is -0.497 e. The topological polar surface area (TPSA) is 57.3 Å². The fraction of sp³-hybridized carbons (Fsp3) is 0.333. The molecule has 0 saturated carbocycles. The van der Waals surface area contributed by atoms with Crippen molar-refractivity contribution in [2.75, 3.05) is 13.7 Å². The molecule has 3 aromatic rings. The number of aromatic amines is 1. The van der Waals surface area contributed by atoms with Crippen molar-refractivity contribution >= 4 is 10.9 Å². The van der Waals surface area contributed by atoms with Gasteiger partial charge in [-0.05, 0) is 48.6 Å². The maximum Gasteiger partial charge on any atom is 0.118 e. The summed E-state index contributed by atoms with van der Waals surface area (Å²) >= 11 is 0. The van der Waals surface area contributed by atoms with Gasteiger partial charge in [-0.25, -0.2) is 0 Å². The number of hydrogen-bond donors (Lipinski definition) is 3. The largest absolute Gasteiger partial charge is 0.497 e. The molecule has 130 valence electrons. The van der Waals surface area contributed by atoms with Crippen molar-refractivity contribution in [2.24, 2.45) is 0 Å². The van der Waals surface area contributed by atoms with Crippen LogP contribution in [0.4, 0.5) is 0 Å². The van der Waals surface area contributed by atoms with Crippen molar-refractivity contribution < 1.29 is 9.84 Å². The maximum absolute atomic E-state index is 10.4. The summed E-state index contributed by atoms with van der Waals surface area (Å²) in [6, 6.07) is 16.5. The second kappa shape index (κ2) is 6.90. The lowest BCUT2D eigenvalue weighted by molar-refractivity contribution is 0.168. The van der Waals surface area contributed by atoms with Crippen molar-refractivity contribution in [1.82, 2.24) is 10.3 Å². The van der Waals surface area contributed by atoms with Gasteiger partial charge in [0.2, 0.25) is 0 Å². The first kappa shape index (κ1) is 16.2. The van der Waals surface area contributed by atoms with Crippen LogP contribution in [0.1, 0.15) is 29.3 Å². The molecule has 1 heterocycles. The molecule has 1 aliphatic carbocycles. The normalized spacial score (nSPS) is 18.1. The van der Waals surface area contributed by atoms with E-state index in [1.807, 2.05) is 24.3 Å². The second-order valence-electron chi connectivity index (χ2n) is 6.76. The number of methoxy groups -OCH3 is 1. The summed E-state index contributed by atoms with van der Waals surface area (Å²) in [4.78, 5) is 3.55. The number of aliphatic hydroxyl groups excluding tert-OH is 1. The average molecular weight is 336 g/mol. The molecule has 1 aromatic heterocycles. The van der Waals surface area contributed by atoms with Crippen molar-refractivity contribution in [3.05, 3.63) is 65.4 Å². The Morgan fingerprint density at radius 3 is 2.80 bits per heavy atom. The van der Waals surface area contributed by atoms with Crippen molar-refractivity contribution in [3.63, 3.8) is 0 Å². The van der Waals surface area contributed by atoms with Gasteiger partial charge in [-0.15, -0.1) is 0 Å². The Hall–Kier alpha value is -2.30. The van der Waals surface area contributed by atoms with Gasteiger partial charge in [0.15, 0.2) is 0 Å². The summed E-state index contributed by atoms with van der Waals surface area (Å²) in [5.74, 6) is 0.808. The molecule has 0 fully saturated rings. The molecule has 1 aliphatic rings. The van der Waals surface area contributed by atoms with Crippen LogP contribution in [0.5, 0.6) is 5.75 Å². The molecule has 0 spiro atoms. The number of rotatable bonds is 5. The average Bonchev–Trinajstić information content (AvgIpc) is 3.04. The summed E-state index contributed by atoms with van der Waals surface area (Å²) in [5, 5.41) is 15.3. The van der Waals surface area contributed by atoms with E-state index in [-0.39, 0.29) is 0 Å². The zero-order valence-corrected chi connectivity index (χ0v) is 14.5. The number of fused-ring (bicyclic) bond motifs is 3. The monoisotopic (exact) mass is 336 g/mol. The van der Waals surface area contributed by atoms with E-state index >= 15 is 0 Å². The number of hydrogen-bond acceptors (Lipinski definition) is 3. The standard InChI is InChI=1S/C21H24N2O2/c1-25-16-9-6-14(7-10-16)21(24)13-22-15-8-11-20-18(12-15)17-4-2-3-5-19(17)23-20/h2-7,9-10,15,21-24H,8,11-13H2,1H3. The quantitative estimate of drug-likeness (QED) is 0.670. The molecule has 0 bridgehead atoms. The fourth-order valence-corrected chi connectivity index (χ4v) is 3.77. The minimum absolute atomic E-state index is 0.402. The third-order valence-electron chi connectivity index (χ3n) is 5.20. The summed E-state index contributed by atoms with van der Waals surface area (Å²) in [6.07, 6.45) is 2.65. The van der Waals surface area contributed by atoms with E-state index in [9.17, 15) is 5.11 Å². The van der Waals surface area contributed by atoms with Crippen LogP contribution in [-0.2, 0) is 12.8 Å². The molecule has 2 atom stereocenters. The maximum atomic E-state index is 10.4. The second-order valence-corrected chi connectivity index (χ2v) is 6.76. The predicted molar refractivity (Wildman–Crippen MR) is 100 cm³/mol. The SMILES string of the molecule is COc1ccc(C(O)CNC2CCc3[nH]c4ccccc4c3C2)cc1. The zero-order chi connectivity index (χ0) is 17.2. The molecular formula is C21H24N2O2. The van der Waals surface area contributed by atoms with Gasteiger partial charge in [0.1, 0.15) is 5.75 Å². The molecule has 4 nitrogen and oxygen atoms in total. The number of aryl methyl sites for hydroxylation is 1. The van der Waals surface area contributed by atoms with E-state index in [4.69, 9.17) is 4.74 Å². The molecule has 2 aromatic carbocycles. The van der Waals surface area contributed by atoms with E-state index < -0.39 is 6.10 Å². The van der Waals surface area contributed by atoms with Crippen LogP contribution < -0.4 is 10.1 Å². The van der Waals surface area contributed by atoms with Crippen molar-refractivity contribution in [1.29, 1.82) is 0 Å². The molecule has 4 rings (SSSR count). The number of H-pyrrole nitrogens is 1. The van der Waals surface area contributed by atoms with Crippen LogP contribution in [0.2, 0.25) is 0 Å². The molecule has 3 N–H and O–H groups in total. The number of ether oxygens (including phenoxy) is 1. The van der Waals surface area contributed by atoms with Gasteiger partial charge in [0.05, 0.1) is 13.2 Å². The Bertz CT molecular complexity index is 854. The van der Waals surface area contributed by atoms with Gasteiger partial charge in [0.25, 0.3) is 0 Å². The van der Waals surface area contributed by atoms with Crippen LogP contribution in [0, 0.1) is 0 Å². The predicted octanol–water partition coefficient (Wildman–Crippen LogP) is 3.36. The Morgan fingerprint density at radius 2 is 2.00 bits per heavy atom. The van der Waals surface area contributed by atoms with Crippen molar-refractivity contribution in [2.45, 2.75) is 31.4 Å². The molecule has 4 heteroatoms. The Labute approximate surface area is 147 Å². The molecule has 0 saturated heterocycles. The van der Waals surface area contributed by atoms with E-state index in [0.29, 0.717) is 12.6 Å². The van der Waals surface area contributed by atoms with Crippen LogP contribution in [0.25, 0.3) is 10.9 Å². The van der Waals surface area contributed by atoms with E-state index in [1.54, 1.807) is 7.11 Å². The van der Waals surface area contributed by atoms with Crippen LogP contribution in [0.3, 0.4) is 0 Å². The zero-order valence-electron chi connectivity index (χ0n) is 14.5. The molecule has 25 heavy (non-hydrogen) atoms. The Balaban J connectivity index is 1.40. The minimum atomic E-state index is -0.504. The lowest BCUT2D eigenvalue weighted by Gasteiger charge is -2.25. The van der Waals surface area contributed by atoms with Gasteiger partial charge >= 0.3 is 0 Å². The van der Waals surface area contributed by atoms with Crippen molar-refractivity contribution in [3.8, 4) is 5.75 Å². The number of aromatic nitrogens is 1. The van der Waals surface area contributed by atoms with Gasteiger partial charge < -0.3 is 20.1 Å². The van der Waals surface area contributed by atoms with E-state index in [1.165, 1.54) is 22.2 Å². The lowest BCUT2D eigenvalue weighted by Crippen LogP contribution is -2.37. The molecule has 0 radical (unpaired) electrons. The fourth-order valence-electron chi connectivity index (χ4n) is 3.77. The molecule has 0 aliphatic heterocycles. The van der Waals surface area contributed by atoms with Crippen LogP contribution in [0.15, 0.2) is 48.5 Å². The first-order valence-corrected chi connectivity index (χ1v) is 8.88. The Morgan fingerprint density at radius 1 is 1.20 bits per heavy atom. The van der Waals surface area contributed by atoms with E-state index in [2.05, 4.69) is 34.6 Å². The summed E-state index contributed by atoms with van der Waals surface area (Å²) in [6.45, 7) is 0.564. The van der Waals surface area contributed by atoms with Crippen LogP contribution >= 0.6 is 0 Å². The Kier molecular flexibility index (Phi) is 4.47. The highest BCUT2D eigenvalue weighted by molar-refractivity contribution is 5.84. The van der Waals surface area contributed by atoms with E-state index in [0.717, 1.165) is 30.6 Å². The van der Waals surface area contributed by atoms with Gasteiger partial charge in [-0.1, -0.05) is 30.3 Å². The van der Waals surface area contributed by atoms with Gasteiger partial charge in [-0.2, -0.15) is 0 Å². The van der Waals surface area contributed by atoms with Gasteiger partial charge in [0, 0.05) is 29.2 Å². The smallest absolute Gasteiger partial charge is 0.118 e. The van der Waals surface area contributed by atoms with Crippen LogP contribution in [-0.4, -0.2) is 29.8 Å². The number of nitrogens with one attached hydrogen (secondary N) is 2. The number of benzene rings is 2.